The third-order valence-electron chi connectivity index (χ3n) is 4.27. The second-order valence-corrected chi connectivity index (χ2v) is 7.78. The number of halogens is 1. The lowest BCUT2D eigenvalue weighted by molar-refractivity contribution is -0.136. The highest BCUT2D eigenvalue weighted by molar-refractivity contribution is 7.07. The smallest absolute Gasteiger partial charge is 0.333 e. The molecule has 0 spiro atoms. The number of hydrogen-bond acceptors (Lipinski definition) is 6. The van der Waals surface area contributed by atoms with Crippen LogP contribution in [-0.2, 0) is 25.6 Å². The van der Waals surface area contributed by atoms with Gasteiger partial charge in [0.25, 0.3) is 5.56 Å². The van der Waals surface area contributed by atoms with Gasteiger partial charge in [0.2, 0.25) is 5.91 Å². The summed E-state index contributed by atoms with van der Waals surface area (Å²) in [7, 11) is 0. The van der Waals surface area contributed by atoms with Gasteiger partial charge in [0.05, 0.1) is 30.4 Å². The first-order valence-corrected chi connectivity index (χ1v) is 10.4. The number of rotatable bonds is 5. The van der Waals surface area contributed by atoms with Crippen molar-refractivity contribution in [1.82, 2.24) is 9.47 Å². The summed E-state index contributed by atoms with van der Waals surface area (Å²) < 4.78 is 12.3. The largest absolute Gasteiger partial charge is 0.463 e. The molecule has 1 saturated heterocycles. The van der Waals surface area contributed by atoms with Gasteiger partial charge in [-0.2, -0.15) is 0 Å². The standard InChI is InChI=1S/C20H21ClN2O5S/c1-2-28-19(25)12-18-23(13-17(24)22-6-8-27-9-7-22)20(26)16(29-18)11-14-4-3-5-15(21)10-14/h3-5,10-12H,2,6-9,13H2,1H3. The zero-order valence-electron chi connectivity index (χ0n) is 15.9. The molecule has 0 N–H and O–H groups in total. The van der Waals surface area contributed by atoms with Crippen molar-refractivity contribution in [2.45, 2.75) is 13.5 Å². The van der Waals surface area contributed by atoms with E-state index < -0.39 is 5.97 Å². The quantitative estimate of drug-likeness (QED) is 0.641. The van der Waals surface area contributed by atoms with E-state index in [-0.39, 0.29) is 24.6 Å². The Morgan fingerprint density at radius 1 is 1.31 bits per heavy atom. The molecule has 0 bridgehead atoms. The lowest BCUT2D eigenvalue weighted by Crippen LogP contribution is -2.45. The zero-order valence-corrected chi connectivity index (χ0v) is 17.5. The molecule has 0 atom stereocenters. The maximum atomic E-state index is 13.0. The molecule has 0 saturated carbocycles. The van der Waals surface area contributed by atoms with Crippen molar-refractivity contribution in [3.63, 3.8) is 0 Å². The van der Waals surface area contributed by atoms with Crippen LogP contribution in [0.25, 0.3) is 12.2 Å². The lowest BCUT2D eigenvalue weighted by atomic mass is 10.2. The predicted octanol–water partition coefficient (Wildman–Crippen LogP) is 0.594. The highest BCUT2D eigenvalue weighted by Gasteiger charge is 2.19. The molecule has 1 aliphatic rings. The topological polar surface area (TPSA) is 77.8 Å². The SMILES string of the molecule is CCOC(=O)C=c1sc(=Cc2cccc(Cl)c2)c(=O)n1CC(=O)N1CCOCC1. The number of carbonyl (C=O) groups is 2. The summed E-state index contributed by atoms with van der Waals surface area (Å²) >= 11 is 7.15. The maximum Gasteiger partial charge on any atom is 0.333 e. The molecule has 1 aromatic heterocycles. The second kappa shape index (κ2) is 9.87. The fraction of sp³-hybridized carbons (Fsp3) is 0.350. The minimum absolute atomic E-state index is 0.149. The summed E-state index contributed by atoms with van der Waals surface area (Å²) in [6, 6.07) is 7.09. The Morgan fingerprint density at radius 2 is 2.07 bits per heavy atom. The zero-order chi connectivity index (χ0) is 20.8. The van der Waals surface area contributed by atoms with Crippen LogP contribution in [0.4, 0.5) is 0 Å². The highest BCUT2D eigenvalue weighted by Crippen LogP contribution is 2.10. The fourth-order valence-corrected chi connectivity index (χ4v) is 4.10. The molecule has 3 rings (SSSR count). The summed E-state index contributed by atoms with van der Waals surface area (Å²) in [5.41, 5.74) is 0.414. The molecule has 1 aromatic carbocycles. The Labute approximate surface area is 176 Å². The van der Waals surface area contributed by atoms with Crippen LogP contribution in [0.2, 0.25) is 5.02 Å². The van der Waals surface area contributed by atoms with E-state index in [2.05, 4.69) is 0 Å². The predicted molar refractivity (Wildman–Crippen MR) is 111 cm³/mol. The number of esters is 1. The minimum atomic E-state index is -0.560. The van der Waals surface area contributed by atoms with Crippen LogP contribution < -0.4 is 14.8 Å². The molecular weight excluding hydrogens is 416 g/mol. The number of morpholine rings is 1. The number of ether oxygens (including phenoxy) is 2. The van der Waals surface area contributed by atoms with E-state index in [1.165, 1.54) is 10.6 Å². The molecule has 29 heavy (non-hydrogen) atoms. The van der Waals surface area contributed by atoms with Gasteiger partial charge in [0, 0.05) is 18.1 Å². The van der Waals surface area contributed by atoms with Crippen LogP contribution >= 0.6 is 22.9 Å². The maximum absolute atomic E-state index is 13.0. The molecule has 1 aliphatic heterocycles. The molecule has 0 unspecified atom stereocenters. The first-order valence-electron chi connectivity index (χ1n) is 9.19. The van der Waals surface area contributed by atoms with Gasteiger partial charge >= 0.3 is 5.97 Å². The average Bonchev–Trinajstić information content (AvgIpc) is 2.97. The molecule has 9 heteroatoms. The number of hydrogen-bond donors (Lipinski definition) is 0. The van der Waals surface area contributed by atoms with E-state index in [1.54, 1.807) is 36.1 Å². The minimum Gasteiger partial charge on any atom is -0.463 e. The van der Waals surface area contributed by atoms with Gasteiger partial charge in [-0.25, -0.2) is 4.79 Å². The van der Waals surface area contributed by atoms with Crippen molar-refractivity contribution in [3.8, 4) is 0 Å². The molecule has 7 nitrogen and oxygen atoms in total. The number of aromatic nitrogens is 1. The number of carbonyl (C=O) groups excluding carboxylic acids is 2. The van der Waals surface area contributed by atoms with Gasteiger partial charge in [-0.15, -0.1) is 11.3 Å². The highest BCUT2D eigenvalue weighted by atomic mass is 35.5. The van der Waals surface area contributed by atoms with Gasteiger partial charge in [0.15, 0.2) is 0 Å². The van der Waals surface area contributed by atoms with Gasteiger partial charge in [0.1, 0.15) is 11.2 Å². The molecule has 0 radical (unpaired) electrons. The Bertz CT molecular complexity index is 1070. The van der Waals surface area contributed by atoms with Crippen molar-refractivity contribution in [2.75, 3.05) is 32.9 Å². The van der Waals surface area contributed by atoms with E-state index >= 15 is 0 Å². The van der Waals surface area contributed by atoms with Crippen LogP contribution in [-0.4, -0.2) is 54.3 Å². The summed E-state index contributed by atoms with van der Waals surface area (Å²) in [4.78, 5) is 39.2. The van der Waals surface area contributed by atoms with Crippen molar-refractivity contribution in [1.29, 1.82) is 0 Å². The molecule has 1 fully saturated rings. The Morgan fingerprint density at radius 3 is 2.76 bits per heavy atom. The third kappa shape index (κ3) is 5.56. The summed E-state index contributed by atoms with van der Waals surface area (Å²) in [5, 5.41) is 0.552. The molecule has 154 valence electrons. The Balaban J connectivity index is 2.02. The van der Waals surface area contributed by atoms with Crippen molar-refractivity contribution < 1.29 is 19.1 Å². The van der Waals surface area contributed by atoms with Crippen molar-refractivity contribution in [2.24, 2.45) is 0 Å². The summed E-state index contributed by atoms with van der Waals surface area (Å²) in [5.74, 6) is -0.753. The summed E-state index contributed by atoms with van der Waals surface area (Å²) in [6.45, 7) is 3.68. The second-order valence-electron chi connectivity index (χ2n) is 6.28. The van der Waals surface area contributed by atoms with Crippen molar-refractivity contribution >= 4 is 47.0 Å². The van der Waals surface area contributed by atoms with Crippen LogP contribution in [0.5, 0.6) is 0 Å². The number of benzene rings is 1. The Hall–Kier alpha value is -2.42. The van der Waals surface area contributed by atoms with E-state index in [1.807, 2.05) is 6.07 Å². The monoisotopic (exact) mass is 436 g/mol. The fourth-order valence-electron chi connectivity index (χ4n) is 2.87. The third-order valence-corrected chi connectivity index (χ3v) is 5.56. The summed E-state index contributed by atoms with van der Waals surface area (Å²) in [6.07, 6.45) is 2.94. The van der Waals surface area contributed by atoms with Crippen LogP contribution in [0.1, 0.15) is 12.5 Å². The van der Waals surface area contributed by atoms with Crippen LogP contribution in [0.15, 0.2) is 29.1 Å². The Kier molecular flexibility index (Phi) is 7.24. The molecule has 1 amide bonds. The van der Waals surface area contributed by atoms with Gasteiger partial charge < -0.3 is 14.4 Å². The number of amides is 1. The van der Waals surface area contributed by atoms with E-state index in [0.717, 1.165) is 16.9 Å². The number of thiazole rings is 1. The van der Waals surface area contributed by atoms with E-state index in [4.69, 9.17) is 21.1 Å². The normalized spacial score (nSPS) is 15.6. The molecular formula is C20H21ClN2O5S. The van der Waals surface area contributed by atoms with E-state index in [0.29, 0.717) is 40.5 Å². The van der Waals surface area contributed by atoms with E-state index in [9.17, 15) is 14.4 Å². The average molecular weight is 437 g/mol. The van der Waals surface area contributed by atoms with Gasteiger partial charge in [-0.3, -0.25) is 14.2 Å². The number of nitrogens with zero attached hydrogens (tertiary/aromatic N) is 2. The molecule has 2 aromatic rings. The van der Waals surface area contributed by atoms with Gasteiger partial charge in [-0.1, -0.05) is 23.7 Å². The van der Waals surface area contributed by atoms with Crippen molar-refractivity contribution in [3.05, 3.63) is 54.4 Å². The first kappa shape index (κ1) is 21.3. The lowest BCUT2D eigenvalue weighted by Gasteiger charge is -2.26. The molecule has 0 aliphatic carbocycles. The first-order chi connectivity index (χ1) is 14.0. The van der Waals surface area contributed by atoms with Crippen LogP contribution in [0, 0.1) is 0 Å². The molecule has 2 heterocycles. The van der Waals surface area contributed by atoms with Gasteiger partial charge in [-0.05, 0) is 30.7 Å². The van der Waals surface area contributed by atoms with Crippen LogP contribution in [0.3, 0.4) is 0 Å².